The van der Waals surface area contributed by atoms with Gasteiger partial charge >= 0.3 is 0 Å². The molecule has 5 heteroatoms. The molecule has 0 bridgehead atoms. The van der Waals surface area contributed by atoms with Crippen LogP contribution in [-0.2, 0) is 20.8 Å². The van der Waals surface area contributed by atoms with Gasteiger partial charge in [0.25, 0.3) is 0 Å². The zero-order valence-electron chi connectivity index (χ0n) is 12.8. The van der Waals surface area contributed by atoms with Crippen molar-refractivity contribution in [2.75, 3.05) is 18.0 Å². The number of carbonyl (C=O) groups is 3. The van der Waals surface area contributed by atoms with Gasteiger partial charge in [-0.2, -0.15) is 0 Å². The highest BCUT2D eigenvalue weighted by Crippen LogP contribution is 2.35. The molecule has 2 aliphatic heterocycles. The van der Waals surface area contributed by atoms with Crippen LogP contribution >= 0.6 is 0 Å². The molecule has 5 nitrogen and oxygen atoms in total. The van der Waals surface area contributed by atoms with Gasteiger partial charge in [0.2, 0.25) is 17.7 Å². The highest BCUT2D eigenvalue weighted by molar-refractivity contribution is 6.09. The minimum absolute atomic E-state index is 0.140. The van der Waals surface area contributed by atoms with Gasteiger partial charge < -0.3 is 4.90 Å². The van der Waals surface area contributed by atoms with Crippen LogP contribution in [0, 0.1) is 11.8 Å². The standard InChI is InChI=1S/C18H18N2O3/c21-16(19-10-9-12-5-1-4-8-15(12)19)11-20-17(22)13-6-2-3-7-14(13)18(20)23/h1-5,8,13-14H,6-7,9-11H2/t13-,14-/m0/s1. The number of nitrogens with zero attached hydrogens (tertiary/aromatic N) is 2. The molecule has 2 heterocycles. The summed E-state index contributed by atoms with van der Waals surface area (Å²) < 4.78 is 0. The maximum absolute atomic E-state index is 12.6. The number of imide groups is 1. The Balaban J connectivity index is 1.52. The van der Waals surface area contributed by atoms with Crippen molar-refractivity contribution in [3.05, 3.63) is 42.0 Å². The van der Waals surface area contributed by atoms with Crippen molar-refractivity contribution in [1.29, 1.82) is 0 Å². The minimum atomic E-state index is -0.272. The number of rotatable bonds is 2. The summed E-state index contributed by atoms with van der Waals surface area (Å²) >= 11 is 0. The second-order valence-electron chi connectivity index (χ2n) is 6.34. The summed E-state index contributed by atoms with van der Waals surface area (Å²) in [4.78, 5) is 40.4. The number of benzene rings is 1. The van der Waals surface area contributed by atoms with Gasteiger partial charge in [0.1, 0.15) is 6.54 Å². The van der Waals surface area contributed by atoms with Crippen molar-refractivity contribution in [2.24, 2.45) is 11.8 Å². The van der Waals surface area contributed by atoms with E-state index in [4.69, 9.17) is 0 Å². The number of likely N-dealkylation sites (tertiary alicyclic amines) is 1. The Hall–Kier alpha value is -2.43. The molecule has 1 aliphatic carbocycles. The lowest BCUT2D eigenvalue weighted by Gasteiger charge is -2.21. The van der Waals surface area contributed by atoms with Gasteiger partial charge in [-0.3, -0.25) is 19.3 Å². The molecule has 0 saturated carbocycles. The zero-order chi connectivity index (χ0) is 16.0. The predicted molar refractivity (Wildman–Crippen MR) is 84.6 cm³/mol. The fourth-order valence-electron chi connectivity index (χ4n) is 3.84. The molecule has 1 aromatic rings. The van der Waals surface area contributed by atoms with E-state index in [1.54, 1.807) is 4.90 Å². The molecule has 118 valence electrons. The van der Waals surface area contributed by atoms with E-state index < -0.39 is 0 Å². The molecule has 2 atom stereocenters. The molecule has 3 amide bonds. The van der Waals surface area contributed by atoms with Gasteiger partial charge in [-0.1, -0.05) is 30.4 Å². The molecule has 0 unspecified atom stereocenters. The second-order valence-corrected chi connectivity index (χ2v) is 6.34. The quantitative estimate of drug-likeness (QED) is 0.615. The molecular formula is C18H18N2O3. The Morgan fingerprint density at radius 2 is 1.70 bits per heavy atom. The third-order valence-corrected chi connectivity index (χ3v) is 5.08. The first kappa shape index (κ1) is 14.2. The number of carbonyl (C=O) groups excluding carboxylic acids is 3. The van der Waals surface area contributed by atoms with Crippen LogP contribution < -0.4 is 4.90 Å². The van der Waals surface area contributed by atoms with Gasteiger partial charge in [-0.25, -0.2) is 0 Å². The summed E-state index contributed by atoms with van der Waals surface area (Å²) in [5, 5.41) is 0. The Kier molecular flexibility index (Phi) is 3.29. The Bertz CT molecular complexity index is 699. The number of allylic oxidation sites excluding steroid dienone is 2. The summed E-state index contributed by atoms with van der Waals surface area (Å²) in [6.07, 6.45) is 5.93. The Morgan fingerprint density at radius 3 is 2.39 bits per heavy atom. The SMILES string of the molecule is O=C1[C@H]2CC=CC[C@@H]2C(=O)N1CC(=O)N1CCc2ccccc21. The van der Waals surface area contributed by atoms with Gasteiger partial charge in [-0.05, 0) is 30.9 Å². The van der Waals surface area contributed by atoms with Gasteiger partial charge in [0, 0.05) is 12.2 Å². The Labute approximate surface area is 134 Å². The first-order valence-corrected chi connectivity index (χ1v) is 8.05. The molecule has 4 rings (SSSR count). The van der Waals surface area contributed by atoms with Crippen LogP contribution in [0.1, 0.15) is 18.4 Å². The van der Waals surface area contributed by atoms with E-state index in [9.17, 15) is 14.4 Å². The Morgan fingerprint density at radius 1 is 1.04 bits per heavy atom. The lowest BCUT2D eigenvalue weighted by Crippen LogP contribution is -2.42. The van der Waals surface area contributed by atoms with Crippen molar-refractivity contribution in [2.45, 2.75) is 19.3 Å². The maximum atomic E-state index is 12.6. The van der Waals surface area contributed by atoms with Crippen molar-refractivity contribution < 1.29 is 14.4 Å². The molecule has 1 fully saturated rings. The minimum Gasteiger partial charge on any atom is -0.310 e. The van der Waals surface area contributed by atoms with Crippen molar-refractivity contribution in [3.8, 4) is 0 Å². The summed E-state index contributed by atoms with van der Waals surface area (Å²) in [5.41, 5.74) is 2.04. The largest absolute Gasteiger partial charge is 0.310 e. The fraction of sp³-hybridized carbons (Fsp3) is 0.389. The summed E-state index contributed by atoms with van der Waals surface area (Å²) in [6, 6.07) is 7.78. The highest BCUT2D eigenvalue weighted by atomic mass is 16.2. The molecule has 0 N–H and O–H groups in total. The average molecular weight is 310 g/mol. The van der Waals surface area contributed by atoms with Crippen LogP contribution in [0.2, 0.25) is 0 Å². The fourth-order valence-corrected chi connectivity index (χ4v) is 3.84. The van der Waals surface area contributed by atoms with Gasteiger partial charge in [0.05, 0.1) is 11.8 Å². The van der Waals surface area contributed by atoms with Crippen molar-refractivity contribution in [1.82, 2.24) is 4.90 Å². The summed E-state index contributed by atoms with van der Waals surface area (Å²) in [7, 11) is 0. The molecule has 1 aromatic carbocycles. The van der Waals surface area contributed by atoms with Crippen LogP contribution in [0.15, 0.2) is 36.4 Å². The van der Waals surface area contributed by atoms with Crippen LogP contribution in [0.5, 0.6) is 0 Å². The smallest absolute Gasteiger partial charge is 0.247 e. The zero-order valence-corrected chi connectivity index (χ0v) is 12.8. The number of fused-ring (bicyclic) bond motifs is 2. The van der Waals surface area contributed by atoms with Crippen LogP contribution in [0.3, 0.4) is 0 Å². The number of hydrogen-bond acceptors (Lipinski definition) is 3. The summed E-state index contributed by atoms with van der Waals surface area (Å²) in [6.45, 7) is 0.474. The molecule has 3 aliphatic rings. The first-order valence-electron chi connectivity index (χ1n) is 8.05. The van der Waals surface area contributed by atoms with E-state index in [0.29, 0.717) is 19.4 Å². The van der Waals surface area contributed by atoms with E-state index in [1.807, 2.05) is 36.4 Å². The number of anilines is 1. The third-order valence-electron chi connectivity index (χ3n) is 5.08. The topological polar surface area (TPSA) is 57.7 Å². The third kappa shape index (κ3) is 2.19. The average Bonchev–Trinajstić information content (AvgIpc) is 3.11. The number of para-hydroxylation sites is 1. The maximum Gasteiger partial charge on any atom is 0.247 e. The van der Waals surface area contributed by atoms with Crippen LogP contribution in [0.25, 0.3) is 0 Å². The van der Waals surface area contributed by atoms with Gasteiger partial charge in [-0.15, -0.1) is 0 Å². The normalized spacial score (nSPS) is 25.7. The molecule has 0 radical (unpaired) electrons. The van der Waals surface area contributed by atoms with Crippen LogP contribution in [-0.4, -0.2) is 35.7 Å². The molecule has 23 heavy (non-hydrogen) atoms. The molecule has 0 spiro atoms. The van der Waals surface area contributed by atoms with E-state index in [2.05, 4.69) is 0 Å². The lowest BCUT2D eigenvalue weighted by atomic mass is 9.85. The van der Waals surface area contributed by atoms with Crippen molar-refractivity contribution in [3.63, 3.8) is 0 Å². The second kappa shape index (κ2) is 5.33. The first-order chi connectivity index (χ1) is 11.2. The molecule has 1 saturated heterocycles. The highest BCUT2D eigenvalue weighted by Gasteiger charge is 2.48. The number of hydrogen-bond donors (Lipinski definition) is 0. The number of amides is 3. The molecular weight excluding hydrogens is 292 g/mol. The summed E-state index contributed by atoms with van der Waals surface area (Å²) in [5.74, 6) is -1.10. The van der Waals surface area contributed by atoms with E-state index in [-0.39, 0.29) is 36.1 Å². The predicted octanol–water partition coefficient (Wildman–Crippen LogP) is 1.53. The lowest BCUT2D eigenvalue weighted by molar-refractivity contribution is -0.143. The monoisotopic (exact) mass is 310 g/mol. The van der Waals surface area contributed by atoms with Gasteiger partial charge in [0.15, 0.2) is 0 Å². The van der Waals surface area contributed by atoms with Crippen molar-refractivity contribution >= 4 is 23.4 Å². The van der Waals surface area contributed by atoms with E-state index in [1.165, 1.54) is 4.90 Å². The van der Waals surface area contributed by atoms with E-state index in [0.717, 1.165) is 17.7 Å². The van der Waals surface area contributed by atoms with Crippen LogP contribution in [0.4, 0.5) is 5.69 Å². The molecule has 0 aromatic heterocycles. The van der Waals surface area contributed by atoms with E-state index >= 15 is 0 Å².